The van der Waals surface area contributed by atoms with Gasteiger partial charge in [-0.05, 0) is 109 Å². The number of hydrogen-bond acceptors (Lipinski definition) is 10. The highest BCUT2D eigenvalue weighted by Gasteiger charge is 2.47. The quantitative estimate of drug-likeness (QED) is 0.0195. The summed E-state index contributed by atoms with van der Waals surface area (Å²) in [6.07, 6.45) is 66.7. The molecule has 0 aliphatic carbocycles. The van der Waals surface area contributed by atoms with Gasteiger partial charge in [-0.3, -0.25) is 9.59 Å². The van der Waals surface area contributed by atoms with Crippen LogP contribution in [0.3, 0.4) is 0 Å². The van der Waals surface area contributed by atoms with E-state index in [1.165, 1.54) is 57.8 Å². The smallest absolute Gasteiger partial charge is 0.306 e. The number of allylic oxidation sites excluding steroid dienone is 19. The molecule has 0 saturated carbocycles. The number of hydrogen-bond donors (Lipinski definition) is 6. The Morgan fingerprint density at radius 1 is 0.500 bits per heavy atom. The number of amides is 1. The Kier molecular flexibility index (Phi) is 51.5. The van der Waals surface area contributed by atoms with Crippen molar-refractivity contribution in [1.82, 2.24) is 5.32 Å². The molecule has 1 fully saturated rings. The first-order chi connectivity index (χ1) is 39.2. The molecule has 0 spiro atoms. The Morgan fingerprint density at radius 2 is 0.900 bits per heavy atom. The molecule has 1 aliphatic heterocycles. The lowest BCUT2D eigenvalue weighted by atomic mass is 9.99. The largest absolute Gasteiger partial charge is 0.454 e. The maximum absolute atomic E-state index is 13.4. The minimum atomic E-state index is -1.63. The molecule has 0 bridgehead atoms. The van der Waals surface area contributed by atoms with E-state index in [-0.39, 0.29) is 19.4 Å². The van der Waals surface area contributed by atoms with Crippen molar-refractivity contribution >= 4 is 11.9 Å². The third-order valence-electron chi connectivity index (χ3n) is 14.1. The number of carbonyl (C=O) groups excluding carboxylic acids is 2. The van der Waals surface area contributed by atoms with E-state index < -0.39 is 67.4 Å². The molecule has 0 aromatic rings. The molecule has 0 aromatic carbocycles. The van der Waals surface area contributed by atoms with E-state index in [0.29, 0.717) is 12.8 Å². The van der Waals surface area contributed by atoms with Crippen molar-refractivity contribution in [2.45, 2.75) is 288 Å². The monoisotopic (exact) mass is 1120 g/mol. The highest BCUT2D eigenvalue weighted by Crippen LogP contribution is 2.26. The molecule has 0 radical (unpaired) electrons. The second kappa shape index (κ2) is 55.6. The average Bonchev–Trinajstić information content (AvgIpc) is 3.46. The second-order valence-corrected chi connectivity index (χ2v) is 21.4. The zero-order chi connectivity index (χ0) is 58.2. The number of rotatable bonds is 52. The van der Waals surface area contributed by atoms with E-state index in [2.05, 4.69) is 135 Å². The minimum absolute atomic E-state index is 0.103. The highest BCUT2D eigenvalue weighted by atomic mass is 16.7. The van der Waals surface area contributed by atoms with Gasteiger partial charge in [-0.15, -0.1) is 0 Å². The van der Waals surface area contributed by atoms with E-state index in [0.717, 1.165) is 135 Å². The standard InChI is InChI=1S/C69H115NO10/c1-4-7-10-13-16-19-22-24-25-26-27-28-29-30-31-32-33-34-35-36-37-39-42-45-48-51-54-57-64(74)80-67-66(76)65(75)63(58-71)79-69(67)78-59-60(61(72)55-52-49-46-43-40-21-18-15-12-9-6-3)70-68(77)62(73)56-53-50-47-44-41-38-23-20-17-14-11-8-5-2/h7-8,10-11,16-17,19-20,24-25,27-28,30-31,33-34,38,41,52,55,60-63,65-67,69,71-73,75-76H,4-6,9,12-15,18,21-23,26,29,32,35-37,39-40,42-51,53-54,56-59H2,1-3H3,(H,70,77)/b10-7-,11-8+,19-16-,20-17+,25-24-,28-27-,31-30-,34-33-,41-38+,55-52+. The molecule has 1 aliphatic rings. The Hall–Kier alpha value is -3.94. The van der Waals surface area contributed by atoms with Gasteiger partial charge in [0.2, 0.25) is 5.91 Å². The van der Waals surface area contributed by atoms with Gasteiger partial charge in [-0.2, -0.15) is 0 Å². The fourth-order valence-electron chi connectivity index (χ4n) is 9.14. The van der Waals surface area contributed by atoms with Crippen LogP contribution in [-0.4, -0.2) is 99.6 Å². The Bertz CT molecular complexity index is 1760. The minimum Gasteiger partial charge on any atom is -0.454 e. The first-order valence-corrected chi connectivity index (χ1v) is 31.8. The fraction of sp³-hybridized carbons (Fsp3) is 0.681. The molecule has 1 rings (SSSR count). The molecule has 456 valence electrons. The third kappa shape index (κ3) is 42.8. The molecule has 8 atom stereocenters. The molecule has 8 unspecified atom stereocenters. The van der Waals surface area contributed by atoms with Gasteiger partial charge >= 0.3 is 5.97 Å². The highest BCUT2D eigenvalue weighted by molar-refractivity contribution is 5.80. The summed E-state index contributed by atoms with van der Waals surface area (Å²) in [6.45, 7) is 5.52. The summed E-state index contributed by atoms with van der Waals surface area (Å²) in [5.74, 6) is -1.24. The first kappa shape index (κ1) is 74.1. The van der Waals surface area contributed by atoms with Crippen molar-refractivity contribution in [3.63, 3.8) is 0 Å². The zero-order valence-corrected chi connectivity index (χ0v) is 50.4. The topological polar surface area (TPSA) is 175 Å². The third-order valence-corrected chi connectivity index (χ3v) is 14.1. The van der Waals surface area contributed by atoms with Gasteiger partial charge in [0.15, 0.2) is 12.4 Å². The summed E-state index contributed by atoms with van der Waals surface area (Å²) in [7, 11) is 0. The summed E-state index contributed by atoms with van der Waals surface area (Å²) in [5.41, 5.74) is 0. The van der Waals surface area contributed by atoms with Crippen LogP contribution < -0.4 is 5.32 Å². The van der Waals surface area contributed by atoms with Gasteiger partial charge < -0.3 is 45.1 Å². The molecule has 1 saturated heterocycles. The maximum atomic E-state index is 13.4. The van der Waals surface area contributed by atoms with Crippen LogP contribution in [0, 0.1) is 0 Å². The van der Waals surface area contributed by atoms with E-state index in [4.69, 9.17) is 14.2 Å². The number of nitrogens with one attached hydrogen (secondary N) is 1. The zero-order valence-electron chi connectivity index (χ0n) is 50.4. The lowest BCUT2D eigenvalue weighted by Gasteiger charge is -2.41. The molecule has 1 amide bonds. The summed E-state index contributed by atoms with van der Waals surface area (Å²) in [5, 5.41) is 56.9. The van der Waals surface area contributed by atoms with Crippen LogP contribution in [0.4, 0.5) is 0 Å². The summed E-state index contributed by atoms with van der Waals surface area (Å²) in [4.78, 5) is 26.5. The lowest BCUT2D eigenvalue weighted by molar-refractivity contribution is -0.305. The van der Waals surface area contributed by atoms with Crippen LogP contribution in [0.15, 0.2) is 122 Å². The van der Waals surface area contributed by atoms with E-state index in [1.54, 1.807) is 6.08 Å². The van der Waals surface area contributed by atoms with Crippen LogP contribution in [0.2, 0.25) is 0 Å². The molecule has 80 heavy (non-hydrogen) atoms. The van der Waals surface area contributed by atoms with Crippen LogP contribution in [0.5, 0.6) is 0 Å². The predicted molar refractivity (Wildman–Crippen MR) is 333 cm³/mol. The van der Waals surface area contributed by atoms with Crippen LogP contribution in [-0.2, 0) is 23.8 Å². The Labute approximate surface area is 487 Å². The maximum Gasteiger partial charge on any atom is 0.306 e. The normalized spacial score (nSPS) is 19.6. The van der Waals surface area contributed by atoms with E-state index in [9.17, 15) is 35.1 Å². The summed E-state index contributed by atoms with van der Waals surface area (Å²) >= 11 is 0. The van der Waals surface area contributed by atoms with Crippen LogP contribution in [0.25, 0.3) is 0 Å². The van der Waals surface area contributed by atoms with Crippen molar-refractivity contribution in [2.24, 2.45) is 0 Å². The van der Waals surface area contributed by atoms with Crippen molar-refractivity contribution in [2.75, 3.05) is 13.2 Å². The predicted octanol–water partition coefficient (Wildman–Crippen LogP) is 15.4. The first-order valence-electron chi connectivity index (χ1n) is 31.8. The Morgan fingerprint density at radius 3 is 1.35 bits per heavy atom. The molecular formula is C69H115NO10. The van der Waals surface area contributed by atoms with E-state index >= 15 is 0 Å². The Balaban J connectivity index is 2.60. The summed E-state index contributed by atoms with van der Waals surface area (Å²) < 4.78 is 17.6. The van der Waals surface area contributed by atoms with Gasteiger partial charge in [0.05, 0.1) is 25.4 Å². The van der Waals surface area contributed by atoms with Crippen molar-refractivity contribution < 1.29 is 49.3 Å². The lowest BCUT2D eigenvalue weighted by Crippen LogP contribution is -2.61. The van der Waals surface area contributed by atoms with Crippen LogP contribution in [0.1, 0.15) is 239 Å². The molecule has 0 aromatic heterocycles. The van der Waals surface area contributed by atoms with Crippen LogP contribution >= 0.6 is 0 Å². The number of ether oxygens (including phenoxy) is 3. The molecule has 11 nitrogen and oxygen atoms in total. The van der Waals surface area contributed by atoms with E-state index in [1.807, 2.05) is 6.08 Å². The number of esters is 1. The van der Waals surface area contributed by atoms with Crippen molar-refractivity contribution in [3.05, 3.63) is 122 Å². The fourth-order valence-corrected chi connectivity index (χ4v) is 9.14. The number of unbranched alkanes of at least 4 members (excludes halogenated alkanes) is 20. The molecule has 1 heterocycles. The summed E-state index contributed by atoms with van der Waals surface area (Å²) in [6, 6.07) is -1.04. The number of aliphatic hydroxyl groups excluding tert-OH is 5. The molecule has 6 N–H and O–H groups in total. The number of aliphatic hydroxyl groups is 5. The molecular weight excluding hydrogens is 1000 g/mol. The SMILES string of the molecule is CC/C=C\C/C=C\C/C=C\C/C=C\C/C=C\C/C=C\CCCCCCCCCCC(=O)OC1C(OCC(NC(=O)C(O)CCCCC/C=C/C/C=C/C/C=C/CC)C(O)/C=C/CCCCCCCCCCC)OC(CO)C(O)C1O. The average molecular weight is 1120 g/mol. The van der Waals surface area contributed by atoms with Gasteiger partial charge in [0.25, 0.3) is 0 Å². The van der Waals surface area contributed by atoms with Crippen molar-refractivity contribution in [1.29, 1.82) is 0 Å². The van der Waals surface area contributed by atoms with Gasteiger partial charge in [0.1, 0.15) is 24.4 Å². The second-order valence-electron chi connectivity index (χ2n) is 21.4. The van der Waals surface area contributed by atoms with Gasteiger partial charge in [0, 0.05) is 6.42 Å². The van der Waals surface area contributed by atoms with Gasteiger partial charge in [-0.1, -0.05) is 245 Å². The van der Waals surface area contributed by atoms with Crippen molar-refractivity contribution in [3.8, 4) is 0 Å². The number of carbonyl (C=O) groups is 2. The van der Waals surface area contributed by atoms with Gasteiger partial charge in [-0.25, -0.2) is 0 Å². The molecule has 11 heteroatoms.